The Hall–Kier alpha value is -1.03. The third kappa shape index (κ3) is 2.45. The normalized spacial score (nSPS) is 10.2. The molecule has 0 radical (unpaired) electrons. The molecular formula is C9H12O3S. The lowest BCUT2D eigenvalue weighted by Crippen LogP contribution is -2.08. The zero-order valence-electron chi connectivity index (χ0n) is 7.87. The number of methoxy groups -OCH3 is 1. The van der Waals surface area contributed by atoms with E-state index < -0.39 is 0 Å². The van der Waals surface area contributed by atoms with Gasteiger partial charge in [0.1, 0.15) is 5.75 Å². The molecule has 0 fully saturated rings. The molecule has 1 heterocycles. The zero-order valence-corrected chi connectivity index (χ0v) is 8.68. The monoisotopic (exact) mass is 200 g/mol. The Labute approximate surface area is 81.3 Å². The average Bonchev–Trinajstić information content (AvgIpc) is 2.50. The van der Waals surface area contributed by atoms with Gasteiger partial charge in [0.15, 0.2) is 4.88 Å². The third-order valence-electron chi connectivity index (χ3n) is 1.36. The zero-order chi connectivity index (χ0) is 9.84. The molecule has 0 saturated heterocycles. The highest BCUT2D eigenvalue weighted by Gasteiger charge is 2.15. The van der Waals surface area contributed by atoms with Gasteiger partial charge in [-0.05, 0) is 25.3 Å². The molecule has 1 rings (SSSR count). The van der Waals surface area contributed by atoms with E-state index in [0.29, 0.717) is 10.6 Å². The minimum atomic E-state index is -0.342. The van der Waals surface area contributed by atoms with Crippen LogP contribution < -0.4 is 4.74 Å². The molecule has 0 N–H and O–H groups in total. The fourth-order valence-electron chi connectivity index (χ4n) is 0.886. The van der Waals surface area contributed by atoms with Gasteiger partial charge >= 0.3 is 5.97 Å². The van der Waals surface area contributed by atoms with E-state index in [-0.39, 0.29) is 12.1 Å². The molecule has 72 valence electrons. The average molecular weight is 200 g/mol. The Bertz CT molecular complexity index is 291. The summed E-state index contributed by atoms with van der Waals surface area (Å²) >= 11 is 1.32. The molecular weight excluding hydrogens is 188 g/mol. The number of hydrogen-bond donors (Lipinski definition) is 0. The van der Waals surface area contributed by atoms with Crippen LogP contribution in [-0.4, -0.2) is 19.2 Å². The van der Waals surface area contributed by atoms with Gasteiger partial charge in [0.2, 0.25) is 0 Å². The largest absolute Gasteiger partial charge is 0.489 e. The number of carbonyl (C=O) groups excluding carboxylic acids is 1. The summed E-state index contributed by atoms with van der Waals surface area (Å²) in [6.07, 6.45) is 0.0676. The van der Waals surface area contributed by atoms with Crippen LogP contribution >= 0.6 is 11.3 Å². The molecule has 3 nitrogen and oxygen atoms in total. The summed E-state index contributed by atoms with van der Waals surface area (Å²) in [5.41, 5.74) is 0. The second-order valence-corrected chi connectivity index (χ2v) is 3.69. The molecule has 0 saturated carbocycles. The van der Waals surface area contributed by atoms with Crippen LogP contribution in [-0.2, 0) is 4.74 Å². The molecule has 0 atom stereocenters. The molecule has 0 bridgehead atoms. The highest BCUT2D eigenvalue weighted by molar-refractivity contribution is 7.12. The van der Waals surface area contributed by atoms with Crippen molar-refractivity contribution in [2.45, 2.75) is 20.0 Å². The molecule has 0 unspecified atom stereocenters. The molecule has 1 aromatic heterocycles. The first-order valence-corrected chi connectivity index (χ1v) is 4.85. The van der Waals surface area contributed by atoms with Crippen molar-refractivity contribution in [2.75, 3.05) is 7.11 Å². The standard InChI is InChI=1S/C9H12O3S/c1-6(2)12-7-4-5-13-8(7)9(10)11-3/h4-6H,1-3H3. The smallest absolute Gasteiger partial charge is 0.351 e. The SMILES string of the molecule is COC(=O)c1sccc1OC(C)C. The van der Waals surface area contributed by atoms with Crippen molar-refractivity contribution >= 4 is 17.3 Å². The van der Waals surface area contributed by atoms with Crippen LogP contribution in [0.4, 0.5) is 0 Å². The molecule has 0 spiro atoms. The number of hydrogen-bond acceptors (Lipinski definition) is 4. The number of esters is 1. The highest BCUT2D eigenvalue weighted by atomic mass is 32.1. The minimum absolute atomic E-state index is 0.0676. The first kappa shape index (κ1) is 10.1. The first-order chi connectivity index (χ1) is 6.15. The number of ether oxygens (including phenoxy) is 2. The lowest BCUT2D eigenvalue weighted by Gasteiger charge is -2.08. The summed E-state index contributed by atoms with van der Waals surface area (Å²) in [7, 11) is 1.36. The van der Waals surface area contributed by atoms with Crippen molar-refractivity contribution in [1.82, 2.24) is 0 Å². The van der Waals surface area contributed by atoms with Gasteiger partial charge in [-0.2, -0.15) is 0 Å². The van der Waals surface area contributed by atoms with E-state index in [2.05, 4.69) is 4.74 Å². The van der Waals surface area contributed by atoms with Crippen LogP contribution in [0.3, 0.4) is 0 Å². The summed E-state index contributed by atoms with van der Waals surface area (Å²) in [5, 5.41) is 1.81. The fourth-order valence-corrected chi connectivity index (χ4v) is 1.63. The van der Waals surface area contributed by atoms with E-state index >= 15 is 0 Å². The van der Waals surface area contributed by atoms with Crippen LogP contribution in [0.1, 0.15) is 23.5 Å². The topological polar surface area (TPSA) is 35.5 Å². The van der Waals surface area contributed by atoms with E-state index in [1.54, 1.807) is 6.07 Å². The Morgan fingerprint density at radius 2 is 2.23 bits per heavy atom. The van der Waals surface area contributed by atoms with Crippen molar-refractivity contribution in [3.8, 4) is 5.75 Å². The van der Waals surface area contributed by atoms with Crippen LogP contribution in [0.5, 0.6) is 5.75 Å². The van der Waals surface area contributed by atoms with Crippen LogP contribution in [0.25, 0.3) is 0 Å². The minimum Gasteiger partial charge on any atom is -0.489 e. The molecule has 0 aromatic carbocycles. The van der Waals surface area contributed by atoms with E-state index in [0.717, 1.165) is 0 Å². The maximum atomic E-state index is 11.2. The summed E-state index contributed by atoms with van der Waals surface area (Å²) in [4.78, 5) is 11.7. The molecule has 0 aliphatic carbocycles. The molecule has 13 heavy (non-hydrogen) atoms. The lowest BCUT2D eigenvalue weighted by molar-refractivity contribution is 0.0600. The van der Waals surface area contributed by atoms with Crippen LogP contribution in [0.2, 0.25) is 0 Å². The molecule has 1 aromatic rings. The Morgan fingerprint density at radius 3 is 2.77 bits per heavy atom. The summed E-state index contributed by atoms with van der Waals surface area (Å²) < 4.78 is 10.0. The Kier molecular flexibility index (Phi) is 3.31. The van der Waals surface area contributed by atoms with Crippen molar-refractivity contribution in [3.05, 3.63) is 16.3 Å². The quantitative estimate of drug-likeness (QED) is 0.702. The van der Waals surface area contributed by atoms with E-state index in [1.807, 2.05) is 19.2 Å². The van der Waals surface area contributed by atoms with E-state index in [4.69, 9.17) is 4.74 Å². The molecule has 4 heteroatoms. The molecule has 0 amide bonds. The van der Waals surface area contributed by atoms with Gasteiger partial charge in [-0.1, -0.05) is 0 Å². The first-order valence-electron chi connectivity index (χ1n) is 3.97. The van der Waals surface area contributed by atoms with Gasteiger partial charge in [0.25, 0.3) is 0 Å². The predicted molar refractivity (Wildman–Crippen MR) is 51.4 cm³/mol. The Balaban J connectivity index is 2.83. The van der Waals surface area contributed by atoms with Gasteiger partial charge in [-0.25, -0.2) is 4.79 Å². The summed E-state index contributed by atoms with van der Waals surface area (Å²) in [5.74, 6) is 0.262. The van der Waals surface area contributed by atoms with Crippen molar-refractivity contribution in [2.24, 2.45) is 0 Å². The van der Waals surface area contributed by atoms with Gasteiger partial charge < -0.3 is 9.47 Å². The fraction of sp³-hybridized carbons (Fsp3) is 0.444. The van der Waals surface area contributed by atoms with Crippen LogP contribution in [0.15, 0.2) is 11.4 Å². The molecule has 0 aliphatic heterocycles. The molecule has 0 aliphatic rings. The summed E-state index contributed by atoms with van der Waals surface area (Å²) in [6, 6.07) is 1.77. The highest BCUT2D eigenvalue weighted by Crippen LogP contribution is 2.26. The van der Waals surface area contributed by atoms with E-state index in [1.165, 1.54) is 18.4 Å². The van der Waals surface area contributed by atoms with E-state index in [9.17, 15) is 4.79 Å². The maximum absolute atomic E-state index is 11.2. The van der Waals surface area contributed by atoms with Crippen LogP contribution in [0, 0.1) is 0 Å². The number of rotatable bonds is 3. The van der Waals surface area contributed by atoms with Crippen molar-refractivity contribution in [3.63, 3.8) is 0 Å². The number of thiophene rings is 1. The lowest BCUT2D eigenvalue weighted by atomic mass is 10.4. The third-order valence-corrected chi connectivity index (χ3v) is 2.24. The maximum Gasteiger partial charge on any atom is 0.351 e. The predicted octanol–water partition coefficient (Wildman–Crippen LogP) is 2.32. The summed E-state index contributed by atoms with van der Waals surface area (Å²) in [6.45, 7) is 3.83. The van der Waals surface area contributed by atoms with Gasteiger partial charge in [0, 0.05) is 0 Å². The second kappa shape index (κ2) is 4.28. The number of carbonyl (C=O) groups is 1. The van der Waals surface area contributed by atoms with Gasteiger partial charge in [0.05, 0.1) is 13.2 Å². The van der Waals surface area contributed by atoms with Crippen molar-refractivity contribution < 1.29 is 14.3 Å². The van der Waals surface area contributed by atoms with Gasteiger partial charge in [-0.3, -0.25) is 0 Å². The Morgan fingerprint density at radius 1 is 1.54 bits per heavy atom. The second-order valence-electron chi connectivity index (χ2n) is 2.77. The van der Waals surface area contributed by atoms with Crippen molar-refractivity contribution in [1.29, 1.82) is 0 Å². The van der Waals surface area contributed by atoms with Gasteiger partial charge in [-0.15, -0.1) is 11.3 Å².